The van der Waals surface area contributed by atoms with Crippen molar-refractivity contribution in [1.82, 2.24) is 19.7 Å². The standard InChI is InChI=1S/C18H19ClF2N4O2/c19-15-11(20)2-3-12-14(15)16(21)17(22-12)18(27)25-8-6-24(7-9-25)13(26)10-23-4-1-5-23/h2-3,22H,1,4-10H2. The molecule has 9 heteroatoms. The Morgan fingerprint density at radius 3 is 2.33 bits per heavy atom. The molecule has 0 bridgehead atoms. The molecule has 2 fully saturated rings. The van der Waals surface area contributed by atoms with Gasteiger partial charge in [0.15, 0.2) is 5.82 Å². The van der Waals surface area contributed by atoms with Gasteiger partial charge in [-0.1, -0.05) is 11.6 Å². The number of carbonyl (C=O) groups is 2. The Morgan fingerprint density at radius 2 is 1.70 bits per heavy atom. The second-order valence-electron chi connectivity index (χ2n) is 6.90. The van der Waals surface area contributed by atoms with Crippen LogP contribution in [0.5, 0.6) is 0 Å². The molecule has 2 amide bonds. The first kappa shape index (κ1) is 18.2. The summed E-state index contributed by atoms with van der Waals surface area (Å²) in [4.78, 5) is 33.0. The summed E-state index contributed by atoms with van der Waals surface area (Å²) in [5.41, 5.74) is 0.0310. The number of hydrogen-bond donors (Lipinski definition) is 1. The molecule has 1 aromatic heterocycles. The number of fused-ring (bicyclic) bond motifs is 1. The van der Waals surface area contributed by atoms with Crippen molar-refractivity contribution < 1.29 is 18.4 Å². The molecule has 2 aromatic rings. The van der Waals surface area contributed by atoms with E-state index < -0.39 is 17.5 Å². The zero-order chi connectivity index (χ0) is 19.1. The second kappa shape index (κ2) is 7.09. The summed E-state index contributed by atoms with van der Waals surface area (Å²) in [7, 11) is 0. The van der Waals surface area contributed by atoms with Gasteiger partial charge in [-0.2, -0.15) is 0 Å². The maximum Gasteiger partial charge on any atom is 0.273 e. The number of benzene rings is 1. The van der Waals surface area contributed by atoms with Crippen molar-refractivity contribution in [3.05, 3.63) is 34.5 Å². The molecule has 0 unspecified atom stereocenters. The molecule has 0 radical (unpaired) electrons. The molecule has 3 heterocycles. The minimum Gasteiger partial charge on any atom is -0.348 e. The van der Waals surface area contributed by atoms with Crippen LogP contribution in [0.1, 0.15) is 16.9 Å². The van der Waals surface area contributed by atoms with Gasteiger partial charge in [0.05, 0.1) is 22.5 Å². The van der Waals surface area contributed by atoms with Gasteiger partial charge in [0.2, 0.25) is 5.91 Å². The van der Waals surface area contributed by atoms with E-state index in [1.54, 1.807) is 4.90 Å². The Labute approximate surface area is 159 Å². The second-order valence-corrected chi connectivity index (χ2v) is 7.28. The van der Waals surface area contributed by atoms with Crippen molar-refractivity contribution in [2.45, 2.75) is 6.42 Å². The molecule has 1 N–H and O–H groups in total. The highest BCUT2D eigenvalue weighted by Gasteiger charge is 2.30. The maximum absolute atomic E-state index is 14.7. The summed E-state index contributed by atoms with van der Waals surface area (Å²) >= 11 is 5.84. The van der Waals surface area contributed by atoms with E-state index in [9.17, 15) is 18.4 Å². The van der Waals surface area contributed by atoms with Gasteiger partial charge in [-0.25, -0.2) is 8.78 Å². The van der Waals surface area contributed by atoms with E-state index in [1.807, 2.05) is 0 Å². The molecule has 2 saturated heterocycles. The summed E-state index contributed by atoms with van der Waals surface area (Å²) in [6, 6.07) is 2.47. The van der Waals surface area contributed by atoms with Gasteiger partial charge < -0.3 is 14.8 Å². The number of rotatable bonds is 3. The van der Waals surface area contributed by atoms with Crippen molar-refractivity contribution in [3.8, 4) is 0 Å². The monoisotopic (exact) mass is 396 g/mol. The van der Waals surface area contributed by atoms with Crippen molar-refractivity contribution in [2.24, 2.45) is 0 Å². The molecule has 1 aromatic carbocycles. The van der Waals surface area contributed by atoms with Crippen LogP contribution in [0.3, 0.4) is 0 Å². The lowest BCUT2D eigenvalue weighted by molar-refractivity contribution is -0.134. The molecule has 2 aliphatic rings. The third kappa shape index (κ3) is 3.27. The van der Waals surface area contributed by atoms with E-state index in [0.29, 0.717) is 32.7 Å². The molecule has 0 atom stereocenters. The Morgan fingerprint density at radius 1 is 1.04 bits per heavy atom. The van der Waals surface area contributed by atoms with Gasteiger partial charge >= 0.3 is 0 Å². The first-order chi connectivity index (χ1) is 13.0. The van der Waals surface area contributed by atoms with E-state index in [0.717, 1.165) is 25.6 Å². The third-order valence-electron chi connectivity index (χ3n) is 5.23. The van der Waals surface area contributed by atoms with Gasteiger partial charge in [0.25, 0.3) is 5.91 Å². The van der Waals surface area contributed by atoms with Crippen LogP contribution in [0.15, 0.2) is 12.1 Å². The highest BCUT2D eigenvalue weighted by atomic mass is 35.5. The zero-order valence-corrected chi connectivity index (χ0v) is 15.4. The Balaban J connectivity index is 1.45. The van der Waals surface area contributed by atoms with Crippen LogP contribution in [0.4, 0.5) is 8.78 Å². The number of aromatic nitrogens is 1. The predicted molar refractivity (Wildman–Crippen MR) is 96.8 cm³/mol. The molecule has 144 valence electrons. The van der Waals surface area contributed by atoms with Crippen LogP contribution in [0, 0.1) is 11.6 Å². The number of aromatic amines is 1. The molecule has 27 heavy (non-hydrogen) atoms. The summed E-state index contributed by atoms with van der Waals surface area (Å²) in [5, 5.41) is -0.468. The lowest BCUT2D eigenvalue weighted by atomic mass is 10.2. The van der Waals surface area contributed by atoms with Crippen LogP contribution < -0.4 is 0 Å². The fourth-order valence-corrected chi connectivity index (χ4v) is 3.73. The topological polar surface area (TPSA) is 59.7 Å². The van der Waals surface area contributed by atoms with Crippen molar-refractivity contribution in [3.63, 3.8) is 0 Å². The first-order valence-corrected chi connectivity index (χ1v) is 9.28. The van der Waals surface area contributed by atoms with Gasteiger partial charge in [-0.05, 0) is 31.6 Å². The van der Waals surface area contributed by atoms with Gasteiger partial charge in [-0.3, -0.25) is 14.5 Å². The molecular formula is C18H19ClF2N4O2. The predicted octanol–water partition coefficient (Wildman–Crippen LogP) is 2.09. The van der Waals surface area contributed by atoms with Crippen LogP contribution >= 0.6 is 11.6 Å². The van der Waals surface area contributed by atoms with Crippen molar-refractivity contribution >= 4 is 34.3 Å². The Bertz CT molecular complexity index is 904. The zero-order valence-electron chi connectivity index (χ0n) is 14.6. The maximum atomic E-state index is 14.7. The normalized spacial score (nSPS) is 18.0. The SMILES string of the molecule is O=C(CN1CCC1)N1CCN(C(=O)c2[nH]c3ccc(F)c(Cl)c3c2F)CC1. The molecule has 2 aliphatic heterocycles. The minimum atomic E-state index is -0.851. The van der Waals surface area contributed by atoms with E-state index in [4.69, 9.17) is 11.6 Å². The van der Waals surface area contributed by atoms with E-state index in [2.05, 4.69) is 9.88 Å². The number of nitrogens with one attached hydrogen (secondary N) is 1. The molecule has 0 aliphatic carbocycles. The number of amides is 2. The van der Waals surface area contributed by atoms with E-state index in [-0.39, 0.29) is 27.5 Å². The summed E-state index contributed by atoms with van der Waals surface area (Å²) in [6.07, 6.45) is 1.12. The van der Waals surface area contributed by atoms with Crippen LogP contribution in [0.25, 0.3) is 10.9 Å². The average Bonchev–Trinajstić information content (AvgIpc) is 2.98. The van der Waals surface area contributed by atoms with E-state index >= 15 is 0 Å². The number of carbonyl (C=O) groups excluding carboxylic acids is 2. The largest absolute Gasteiger partial charge is 0.348 e. The highest BCUT2D eigenvalue weighted by Crippen LogP contribution is 2.31. The van der Waals surface area contributed by atoms with Crippen molar-refractivity contribution in [2.75, 3.05) is 45.8 Å². The molecule has 4 rings (SSSR count). The highest BCUT2D eigenvalue weighted by molar-refractivity contribution is 6.35. The summed E-state index contributed by atoms with van der Waals surface area (Å²) in [6.45, 7) is 3.78. The van der Waals surface area contributed by atoms with Crippen LogP contribution in [0.2, 0.25) is 5.02 Å². The molecule has 0 saturated carbocycles. The molecule has 0 spiro atoms. The minimum absolute atomic E-state index is 0.0563. The van der Waals surface area contributed by atoms with Gasteiger partial charge in [0, 0.05) is 26.2 Å². The first-order valence-electron chi connectivity index (χ1n) is 8.90. The Kier molecular flexibility index (Phi) is 4.77. The van der Waals surface area contributed by atoms with Crippen LogP contribution in [-0.4, -0.2) is 77.3 Å². The summed E-state index contributed by atoms with van der Waals surface area (Å²) < 4.78 is 28.3. The van der Waals surface area contributed by atoms with Crippen LogP contribution in [-0.2, 0) is 4.79 Å². The number of nitrogens with zero attached hydrogens (tertiary/aromatic N) is 3. The summed E-state index contributed by atoms with van der Waals surface area (Å²) in [5.74, 6) is -2.05. The number of H-pyrrole nitrogens is 1. The average molecular weight is 397 g/mol. The molecular weight excluding hydrogens is 378 g/mol. The fourth-order valence-electron chi connectivity index (χ4n) is 3.48. The lowest BCUT2D eigenvalue weighted by Gasteiger charge is -2.37. The lowest BCUT2D eigenvalue weighted by Crippen LogP contribution is -2.54. The smallest absolute Gasteiger partial charge is 0.273 e. The van der Waals surface area contributed by atoms with Crippen molar-refractivity contribution in [1.29, 1.82) is 0 Å². The third-order valence-corrected chi connectivity index (χ3v) is 5.60. The number of hydrogen-bond acceptors (Lipinski definition) is 3. The quantitative estimate of drug-likeness (QED) is 0.864. The Hall–Kier alpha value is -2.19. The van der Waals surface area contributed by atoms with Gasteiger partial charge in [-0.15, -0.1) is 0 Å². The fraction of sp³-hybridized carbons (Fsp3) is 0.444. The van der Waals surface area contributed by atoms with E-state index in [1.165, 1.54) is 11.0 Å². The molecule has 6 nitrogen and oxygen atoms in total. The number of likely N-dealkylation sites (tertiary alicyclic amines) is 1. The number of piperazine rings is 1. The number of halogens is 3. The van der Waals surface area contributed by atoms with Gasteiger partial charge in [0.1, 0.15) is 11.5 Å².